The molecule has 0 fully saturated rings. The fourth-order valence-electron chi connectivity index (χ4n) is 2.86. The van der Waals surface area contributed by atoms with E-state index in [1.54, 1.807) is 7.11 Å². The van der Waals surface area contributed by atoms with Crippen LogP contribution in [0.2, 0.25) is 0 Å². The lowest BCUT2D eigenvalue weighted by atomic mass is 10.1. The van der Waals surface area contributed by atoms with Gasteiger partial charge in [0.1, 0.15) is 0 Å². The van der Waals surface area contributed by atoms with E-state index >= 15 is 0 Å². The third-order valence-corrected chi connectivity index (χ3v) is 4.59. The number of carbonyl (C=O) groups is 1. The van der Waals surface area contributed by atoms with Crippen molar-refractivity contribution in [2.24, 2.45) is 5.92 Å². The van der Waals surface area contributed by atoms with Gasteiger partial charge in [0.2, 0.25) is 0 Å². The Morgan fingerprint density at radius 2 is 1.58 bits per heavy atom. The Balaban J connectivity index is 3.32. The van der Waals surface area contributed by atoms with Gasteiger partial charge >= 0.3 is 5.97 Å². The molecule has 0 heterocycles. The lowest BCUT2D eigenvalue weighted by molar-refractivity contribution is -0.144. The molecule has 4 heteroatoms. The van der Waals surface area contributed by atoms with Crippen LogP contribution < -0.4 is 0 Å². The Morgan fingerprint density at radius 1 is 0.962 bits per heavy atom. The SMILES string of the molecule is CCCCC/C=C\CCCCCCCCC(=O)OCCC(CO)COC. The van der Waals surface area contributed by atoms with E-state index in [2.05, 4.69) is 19.1 Å². The fourth-order valence-corrected chi connectivity index (χ4v) is 2.86. The first-order valence-electron chi connectivity index (χ1n) is 10.6. The molecule has 0 spiro atoms. The molecule has 1 N–H and O–H groups in total. The number of hydrogen-bond acceptors (Lipinski definition) is 4. The summed E-state index contributed by atoms with van der Waals surface area (Å²) in [5, 5.41) is 9.13. The second-order valence-corrected chi connectivity index (χ2v) is 7.14. The molecule has 0 rings (SSSR count). The summed E-state index contributed by atoms with van der Waals surface area (Å²) in [6.07, 6.45) is 19.3. The summed E-state index contributed by atoms with van der Waals surface area (Å²) in [5.74, 6) is -0.0636. The third kappa shape index (κ3) is 17.9. The highest BCUT2D eigenvalue weighted by Crippen LogP contribution is 2.10. The number of aliphatic hydroxyl groups is 1. The van der Waals surface area contributed by atoms with Gasteiger partial charge in [-0.2, -0.15) is 0 Å². The van der Waals surface area contributed by atoms with E-state index in [1.165, 1.54) is 57.8 Å². The van der Waals surface area contributed by atoms with Crippen LogP contribution in [0.25, 0.3) is 0 Å². The average Bonchev–Trinajstić information content (AvgIpc) is 2.64. The van der Waals surface area contributed by atoms with Gasteiger partial charge in [-0.15, -0.1) is 0 Å². The summed E-state index contributed by atoms with van der Waals surface area (Å²) in [7, 11) is 1.61. The Labute approximate surface area is 161 Å². The molecule has 0 aromatic rings. The lowest BCUT2D eigenvalue weighted by Gasteiger charge is -2.12. The van der Waals surface area contributed by atoms with Crippen LogP contribution in [0.5, 0.6) is 0 Å². The number of rotatable bonds is 19. The molecule has 0 saturated heterocycles. The minimum Gasteiger partial charge on any atom is -0.466 e. The smallest absolute Gasteiger partial charge is 0.305 e. The monoisotopic (exact) mass is 370 g/mol. The number of allylic oxidation sites excluding steroid dienone is 2. The van der Waals surface area contributed by atoms with Crippen molar-refractivity contribution in [3.05, 3.63) is 12.2 Å². The molecule has 0 aromatic heterocycles. The fraction of sp³-hybridized carbons (Fsp3) is 0.864. The third-order valence-electron chi connectivity index (χ3n) is 4.59. The minimum absolute atomic E-state index is 0.0546. The zero-order valence-electron chi connectivity index (χ0n) is 17.2. The first kappa shape index (κ1) is 25.1. The number of unbranched alkanes of at least 4 members (excludes halogenated alkanes) is 9. The van der Waals surface area contributed by atoms with Gasteiger partial charge in [0.15, 0.2) is 0 Å². The molecule has 0 radical (unpaired) electrons. The number of ether oxygens (including phenoxy) is 2. The molecule has 1 unspecified atom stereocenters. The number of hydrogen-bond donors (Lipinski definition) is 1. The Kier molecular flexibility index (Phi) is 19.8. The van der Waals surface area contributed by atoms with Crippen LogP contribution in [0.15, 0.2) is 12.2 Å². The molecule has 4 nitrogen and oxygen atoms in total. The van der Waals surface area contributed by atoms with E-state index in [-0.39, 0.29) is 18.5 Å². The number of methoxy groups -OCH3 is 1. The van der Waals surface area contributed by atoms with E-state index in [0.29, 0.717) is 26.1 Å². The number of carbonyl (C=O) groups excluding carboxylic acids is 1. The van der Waals surface area contributed by atoms with Gasteiger partial charge in [-0.3, -0.25) is 4.79 Å². The molecule has 154 valence electrons. The first-order valence-corrected chi connectivity index (χ1v) is 10.6. The minimum atomic E-state index is -0.118. The van der Waals surface area contributed by atoms with Crippen LogP contribution in [0.4, 0.5) is 0 Å². The molecule has 0 aliphatic rings. The molecule has 0 amide bonds. The van der Waals surface area contributed by atoms with Crippen molar-refractivity contribution in [1.82, 2.24) is 0 Å². The second kappa shape index (κ2) is 20.4. The van der Waals surface area contributed by atoms with Gasteiger partial charge < -0.3 is 14.6 Å². The highest BCUT2D eigenvalue weighted by atomic mass is 16.5. The quantitative estimate of drug-likeness (QED) is 0.187. The van der Waals surface area contributed by atoms with Crippen LogP contribution in [0, 0.1) is 5.92 Å². The molecule has 0 aliphatic carbocycles. The number of aliphatic hydroxyl groups excluding tert-OH is 1. The summed E-state index contributed by atoms with van der Waals surface area (Å²) in [6.45, 7) is 3.19. The van der Waals surface area contributed by atoms with Gasteiger partial charge in [-0.05, 0) is 38.5 Å². The molecule has 0 aromatic carbocycles. The van der Waals surface area contributed by atoms with Crippen molar-refractivity contribution in [1.29, 1.82) is 0 Å². The normalized spacial score (nSPS) is 12.6. The zero-order chi connectivity index (χ0) is 19.3. The molecule has 0 bridgehead atoms. The highest BCUT2D eigenvalue weighted by molar-refractivity contribution is 5.69. The van der Waals surface area contributed by atoms with Gasteiger partial charge in [0, 0.05) is 26.1 Å². The van der Waals surface area contributed by atoms with E-state index in [1.807, 2.05) is 0 Å². The van der Waals surface area contributed by atoms with Crippen molar-refractivity contribution >= 4 is 5.97 Å². The molecule has 0 saturated carbocycles. The van der Waals surface area contributed by atoms with Crippen molar-refractivity contribution in [2.75, 3.05) is 26.9 Å². The standard InChI is InChI=1S/C22H42O4/c1-3-4-5-6-7-8-9-10-11-12-13-14-15-16-22(24)26-18-17-21(19-23)20-25-2/h7-8,21,23H,3-6,9-20H2,1-2H3/b8-7-. The van der Waals surface area contributed by atoms with Crippen LogP contribution in [0.1, 0.15) is 90.4 Å². The van der Waals surface area contributed by atoms with Gasteiger partial charge in [0.05, 0.1) is 13.2 Å². The molecule has 0 aliphatic heterocycles. The maximum absolute atomic E-state index is 11.6. The molecular weight excluding hydrogens is 328 g/mol. The van der Waals surface area contributed by atoms with Crippen molar-refractivity contribution in [3.8, 4) is 0 Å². The molecular formula is C22H42O4. The predicted molar refractivity (Wildman–Crippen MR) is 108 cm³/mol. The summed E-state index contributed by atoms with van der Waals surface area (Å²) >= 11 is 0. The van der Waals surface area contributed by atoms with Crippen molar-refractivity contribution in [2.45, 2.75) is 90.4 Å². The predicted octanol–water partition coefficient (Wildman–Crippen LogP) is 5.43. The highest BCUT2D eigenvalue weighted by Gasteiger charge is 2.09. The average molecular weight is 371 g/mol. The van der Waals surface area contributed by atoms with E-state index in [9.17, 15) is 4.79 Å². The van der Waals surface area contributed by atoms with Gasteiger partial charge in [0.25, 0.3) is 0 Å². The summed E-state index contributed by atoms with van der Waals surface area (Å²) < 4.78 is 10.2. The van der Waals surface area contributed by atoms with Gasteiger partial charge in [-0.25, -0.2) is 0 Å². The summed E-state index contributed by atoms with van der Waals surface area (Å²) in [4.78, 5) is 11.6. The van der Waals surface area contributed by atoms with Gasteiger partial charge in [-0.1, -0.05) is 57.6 Å². The van der Waals surface area contributed by atoms with E-state index in [4.69, 9.17) is 14.6 Å². The summed E-state index contributed by atoms with van der Waals surface area (Å²) in [5.41, 5.74) is 0. The Hall–Kier alpha value is -0.870. The zero-order valence-corrected chi connectivity index (χ0v) is 17.2. The van der Waals surface area contributed by atoms with Crippen LogP contribution in [-0.4, -0.2) is 38.0 Å². The van der Waals surface area contributed by atoms with Crippen LogP contribution in [0.3, 0.4) is 0 Å². The van der Waals surface area contributed by atoms with Crippen LogP contribution >= 0.6 is 0 Å². The maximum Gasteiger partial charge on any atom is 0.305 e. The van der Waals surface area contributed by atoms with E-state index in [0.717, 1.165) is 12.8 Å². The maximum atomic E-state index is 11.6. The number of esters is 1. The molecule has 1 atom stereocenters. The van der Waals surface area contributed by atoms with E-state index < -0.39 is 0 Å². The lowest BCUT2D eigenvalue weighted by Crippen LogP contribution is -2.16. The van der Waals surface area contributed by atoms with Crippen LogP contribution in [-0.2, 0) is 14.3 Å². The summed E-state index contributed by atoms with van der Waals surface area (Å²) in [6, 6.07) is 0. The molecule has 26 heavy (non-hydrogen) atoms. The Bertz CT molecular complexity index is 328. The largest absolute Gasteiger partial charge is 0.466 e. The topological polar surface area (TPSA) is 55.8 Å². The van der Waals surface area contributed by atoms with Crippen molar-refractivity contribution < 1.29 is 19.4 Å². The second-order valence-electron chi connectivity index (χ2n) is 7.14. The van der Waals surface area contributed by atoms with Crippen molar-refractivity contribution in [3.63, 3.8) is 0 Å². The first-order chi connectivity index (χ1) is 12.7. The Morgan fingerprint density at radius 3 is 2.19 bits per heavy atom.